The van der Waals surface area contributed by atoms with E-state index >= 15 is 0 Å². The summed E-state index contributed by atoms with van der Waals surface area (Å²) in [5, 5.41) is 37.0. The van der Waals surface area contributed by atoms with Crippen molar-refractivity contribution < 1.29 is 18.9 Å². The molecule has 0 aliphatic rings. The smallest absolute Gasteiger partial charge is 0.269 e. The third-order valence-electron chi connectivity index (χ3n) is 2.41. The molecule has 0 aliphatic carbocycles. The Bertz CT molecular complexity index is 843. The van der Waals surface area contributed by atoms with E-state index in [9.17, 15) is 24.6 Å². The minimum Gasteiger partial charge on any atom is -0.269 e. The Labute approximate surface area is 133 Å². The van der Waals surface area contributed by atoms with Gasteiger partial charge in [-0.2, -0.15) is 10.5 Å². The first-order valence-electron chi connectivity index (χ1n) is 5.87. The second-order valence-corrected chi connectivity index (χ2v) is 3.99. The van der Waals surface area contributed by atoms with Gasteiger partial charge in [-0.15, -0.1) is 0 Å². The average molecular weight is 334 g/mol. The van der Waals surface area contributed by atoms with Crippen LogP contribution in [0, 0.1) is 48.7 Å². The summed E-state index contributed by atoms with van der Waals surface area (Å²) in [7, 11) is 0. The Morgan fingerprint density at radius 1 is 0.875 bits per heavy atom. The van der Waals surface area contributed by atoms with Crippen LogP contribution in [0.4, 0.5) is 20.5 Å². The predicted octanol–water partition coefficient (Wildman–Crippen LogP) is 3.22. The molecule has 0 N–H and O–H groups in total. The van der Waals surface area contributed by atoms with Gasteiger partial charge in [-0.1, -0.05) is 6.07 Å². The summed E-state index contributed by atoms with van der Waals surface area (Å²) in [4.78, 5) is 19.0. The topological polar surface area (TPSA) is 134 Å². The number of nitro groups is 2. The summed E-state index contributed by atoms with van der Waals surface area (Å²) < 4.78 is 12.5. The van der Waals surface area contributed by atoms with Crippen molar-refractivity contribution in [2.45, 2.75) is 0 Å². The number of rotatable bonds is 2. The highest BCUT2D eigenvalue weighted by Gasteiger charge is 2.08. The first-order valence-corrected chi connectivity index (χ1v) is 5.87. The molecule has 2 aromatic carbocycles. The van der Waals surface area contributed by atoms with Gasteiger partial charge in [0.15, 0.2) is 0 Å². The van der Waals surface area contributed by atoms with Crippen LogP contribution in [0.1, 0.15) is 11.1 Å². The fraction of sp³-hybridized carbons (Fsp3) is 0. The van der Waals surface area contributed by atoms with E-state index in [0.717, 1.165) is 18.2 Å². The van der Waals surface area contributed by atoms with Crippen LogP contribution in [-0.4, -0.2) is 9.85 Å². The maximum absolute atomic E-state index is 12.5. The molecule has 0 amide bonds. The van der Waals surface area contributed by atoms with Crippen LogP contribution >= 0.6 is 0 Å². The second kappa shape index (κ2) is 9.17. The maximum Gasteiger partial charge on any atom is 0.273 e. The van der Waals surface area contributed by atoms with Crippen LogP contribution in [0.3, 0.4) is 0 Å². The lowest BCUT2D eigenvalue weighted by atomic mass is 10.2. The van der Waals surface area contributed by atoms with Crippen molar-refractivity contribution in [2.75, 3.05) is 0 Å². The van der Waals surface area contributed by atoms with Crippen LogP contribution in [-0.2, 0) is 0 Å². The number of nitriles is 2. The standard InChI is InChI=1S/C7H3FN2O2.C7H4N2O2.FH/c8-6-1-5(4-9)2-7(3-6)10(11)12;8-5-6-2-1-3-7(4-6)9(10)11;/h1-3H;1-4H;1H. The number of nitro benzene ring substituents is 2. The molecule has 0 aliphatic heterocycles. The van der Waals surface area contributed by atoms with Crippen LogP contribution in [0.25, 0.3) is 0 Å². The molecule has 2 rings (SSSR count). The lowest BCUT2D eigenvalue weighted by molar-refractivity contribution is -0.385. The van der Waals surface area contributed by atoms with Gasteiger partial charge >= 0.3 is 0 Å². The molecule has 0 spiro atoms. The second-order valence-electron chi connectivity index (χ2n) is 3.99. The van der Waals surface area contributed by atoms with Crippen LogP contribution < -0.4 is 0 Å². The summed E-state index contributed by atoms with van der Waals surface area (Å²) in [6.45, 7) is 0. The molecule has 0 atom stereocenters. The predicted molar refractivity (Wildman–Crippen MR) is 78.1 cm³/mol. The fourth-order valence-electron chi connectivity index (χ4n) is 1.43. The van der Waals surface area contributed by atoms with Crippen molar-refractivity contribution >= 4 is 11.4 Å². The lowest BCUT2D eigenvalue weighted by Crippen LogP contribution is -1.90. The van der Waals surface area contributed by atoms with E-state index in [4.69, 9.17) is 10.5 Å². The quantitative estimate of drug-likeness (QED) is 0.611. The van der Waals surface area contributed by atoms with Crippen molar-refractivity contribution in [3.8, 4) is 12.1 Å². The number of hydrogen-bond acceptors (Lipinski definition) is 6. The number of nitrogens with zero attached hydrogens (tertiary/aromatic N) is 4. The summed E-state index contributed by atoms with van der Waals surface area (Å²) >= 11 is 0. The van der Waals surface area contributed by atoms with Gasteiger partial charge in [-0.05, 0) is 12.1 Å². The number of non-ortho nitro benzene ring substituents is 2. The van der Waals surface area contributed by atoms with E-state index in [0.29, 0.717) is 5.56 Å². The first-order chi connectivity index (χ1) is 10.9. The molecule has 0 unspecified atom stereocenters. The molecule has 2 aromatic rings. The zero-order valence-electron chi connectivity index (χ0n) is 11.7. The van der Waals surface area contributed by atoms with Crippen molar-refractivity contribution in [2.24, 2.45) is 0 Å². The van der Waals surface area contributed by atoms with Crippen molar-refractivity contribution in [3.63, 3.8) is 0 Å². The number of benzene rings is 2. The summed E-state index contributed by atoms with van der Waals surface area (Å²) in [6, 6.07) is 11.7. The van der Waals surface area contributed by atoms with Gasteiger partial charge in [0.05, 0.1) is 39.2 Å². The number of halogens is 2. The average Bonchev–Trinajstić information content (AvgIpc) is 2.54. The molecule has 8 nitrogen and oxygen atoms in total. The molecule has 0 heterocycles. The fourth-order valence-corrected chi connectivity index (χ4v) is 1.43. The van der Waals surface area contributed by atoms with Crippen molar-refractivity contribution in [3.05, 3.63) is 79.6 Å². The Morgan fingerprint density at radius 3 is 1.92 bits per heavy atom. The Hall–Kier alpha value is -3.92. The molecule has 0 fully saturated rings. The molecule has 24 heavy (non-hydrogen) atoms. The zero-order chi connectivity index (χ0) is 17.4. The molecule has 122 valence electrons. The van der Waals surface area contributed by atoms with Crippen molar-refractivity contribution in [1.29, 1.82) is 10.5 Å². The molecule has 0 saturated carbocycles. The van der Waals surface area contributed by atoms with Crippen LogP contribution in [0.15, 0.2) is 42.5 Å². The summed E-state index contributed by atoms with van der Waals surface area (Å²) in [5.41, 5.74) is -0.212. The lowest BCUT2D eigenvalue weighted by Gasteiger charge is -1.91. The SMILES string of the molecule is F.N#Cc1cc(F)cc([N+](=O)[O-])c1.N#Cc1cccc([N+](=O)[O-])c1. The minimum absolute atomic E-state index is 0. The molecule has 0 bridgehead atoms. The Kier molecular flexibility index (Phi) is 7.67. The van der Waals surface area contributed by atoms with E-state index < -0.39 is 21.4 Å². The molecule has 10 heteroatoms. The van der Waals surface area contributed by atoms with Gasteiger partial charge in [0.25, 0.3) is 11.4 Å². The zero-order valence-corrected chi connectivity index (χ0v) is 11.7. The largest absolute Gasteiger partial charge is 0.273 e. The van der Waals surface area contributed by atoms with Gasteiger partial charge < -0.3 is 0 Å². The maximum atomic E-state index is 12.5. The highest BCUT2D eigenvalue weighted by atomic mass is 19.1. The van der Waals surface area contributed by atoms with Gasteiger partial charge in [0, 0.05) is 18.2 Å². The third-order valence-corrected chi connectivity index (χ3v) is 2.41. The van der Waals surface area contributed by atoms with E-state index in [1.807, 2.05) is 6.07 Å². The first kappa shape index (κ1) is 20.1. The van der Waals surface area contributed by atoms with E-state index in [1.54, 1.807) is 6.07 Å². The summed E-state index contributed by atoms with van der Waals surface area (Å²) in [6.07, 6.45) is 0. The number of hydrogen-bond donors (Lipinski definition) is 0. The minimum atomic E-state index is -0.777. The highest BCUT2D eigenvalue weighted by Crippen LogP contribution is 2.15. The molecule has 0 saturated heterocycles. The third kappa shape index (κ3) is 5.83. The van der Waals surface area contributed by atoms with Crippen LogP contribution in [0.2, 0.25) is 0 Å². The molecular formula is C14H8F2N4O4. The van der Waals surface area contributed by atoms with Gasteiger partial charge in [-0.3, -0.25) is 24.9 Å². The van der Waals surface area contributed by atoms with E-state index in [-0.39, 0.29) is 16.0 Å². The molecule has 0 radical (unpaired) electrons. The van der Waals surface area contributed by atoms with Crippen LogP contribution in [0.5, 0.6) is 0 Å². The monoisotopic (exact) mass is 334 g/mol. The molecular weight excluding hydrogens is 326 g/mol. The van der Waals surface area contributed by atoms with E-state index in [2.05, 4.69) is 0 Å². The van der Waals surface area contributed by atoms with Crippen molar-refractivity contribution in [1.82, 2.24) is 0 Å². The highest BCUT2D eigenvalue weighted by molar-refractivity contribution is 5.41. The van der Waals surface area contributed by atoms with Gasteiger partial charge in [-0.25, -0.2) is 4.39 Å². The molecule has 0 aromatic heterocycles. The van der Waals surface area contributed by atoms with E-state index in [1.165, 1.54) is 24.3 Å². The normalized spacial score (nSPS) is 8.46. The Balaban J connectivity index is 0.000000425. The van der Waals surface area contributed by atoms with Gasteiger partial charge in [0.1, 0.15) is 5.82 Å². The Morgan fingerprint density at radius 2 is 1.42 bits per heavy atom. The summed E-state index contributed by atoms with van der Waals surface area (Å²) in [5.74, 6) is -0.777. The van der Waals surface area contributed by atoms with Gasteiger partial charge in [0.2, 0.25) is 0 Å².